The summed E-state index contributed by atoms with van der Waals surface area (Å²) in [5.74, 6) is 0.0959. The van der Waals surface area contributed by atoms with Crippen LogP contribution < -0.4 is 0 Å². The summed E-state index contributed by atoms with van der Waals surface area (Å²) in [6.45, 7) is 6.07. The van der Waals surface area contributed by atoms with Crippen LogP contribution in [0.25, 0.3) is 0 Å². The average molecular weight is 513 g/mol. The second kappa shape index (κ2) is 29.4. The molecule has 8 heteroatoms. The van der Waals surface area contributed by atoms with Gasteiger partial charge >= 0.3 is 0 Å². The highest BCUT2D eigenvalue weighted by Crippen LogP contribution is 2.14. The van der Waals surface area contributed by atoms with Gasteiger partial charge in [-0.2, -0.15) is 0 Å². The molecule has 0 aromatic heterocycles. The number of hydrogen-bond acceptors (Lipinski definition) is 5. The molecule has 1 atom stereocenters. The normalized spacial score (nSPS) is 11.7. The number of rotatable bonds is 25. The highest BCUT2D eigenvalue weighted by Gasteiger charge is 2.20. The molecule has 0 rings (SSSR count). The van der Waals surface area contributed by atoms with E-state index in [4.69, 9.17) is 0 Å². The third kappa shape index (κ3) is 23.3. The molecule has 0 aliphatic rings. The standard InChI is InChI=1S/C27H56N2O4.2FH/c1-3-4-5-6-7-8-9-10-11-12-13-14-15-16-17-18-27(33)29(21-24-32)25-26(2)28(19-22-30)20-23-31;;/h26,30-32H,3-25H2,1-2H3;2*1H. The second-order valence-electron chi connectivity index (χ2n) is 9.60. The van der Waals surface area contributed by atoms with Crippen LogP contribution in [0.4, 0.5) is 9.41 Å². The van der Waals surface area contributed by atoms with E-state index >= 15 is 0 Å². The van der Waals surface area contributed by atoms with E-state index < -0.39 is 0 Å². The summed E-state index contributed by atoms with van der Waals surface area (Å²) in [5, 5.41) is 27.8. The van der Waals surface area contributed by atoms with Gasteiger partial charge in [0, 0.05) is 38.6 Å². The van der Waals surface area contributed by atoms with Crippen LogP contribution >= 0.6 is 0 Å². The summed E-state index contributed by atoms with van der Waals surface area (Å²) in [6.07, 6.45) is 20.2. The SMILES string of the molecule is CCCCCCCCCCCCCCCCCC(=O)N(CCO)CC(C)N(CCO)CCO.F.F. The molecule has 35 heavy (non-hydrogen) atoms. The number of amides is 1. The molecule has 0 aromatic carbocycles. The topological polar surface area (TPSA) is 84.2 Å². The zero-order valence-corrected chi connectivity index (χ0v) is 22.8. The largest absolute Gasteiger partial charge is 0.395 e. The van der Waals surface area contributed by atoms with Crippen molar-refractivity contribution in [1.82, 2.24) is 9.80 Å². The monoisotopic (exact) mass is 512 g/mol. The number of aliphatic hydroxyl groups excluding tert-OH is 3. The molecular weight excluding hydrogens is 454 g/mol. The number of halogens is 2. The minimum Gasteiger partial charge on any atom is -0.395 e. The molecule has 0 radical (unpaired) electrons. The highest BCUT2D eigenvalue weighted by molar-refractivity contribution is 5.76. The maximum Gasteiger partial charge on any atom is 0.222 e. The van der Waals surface area contributed by atoms with Crippen LogP contribution in [0.5, 0.6) is 0 Å². The van der Waals surface area contributed by atoms with E-state index in [0.29, 0.717) is 32.6 Å². The van der Waals surface area contributed by atoms with Gasteiger partial charge in [-0.05, 0) is 13.3 Å². The maximum atomic E-state index is 12.6. The molecule has 0 aliphatic carbocycles. The molecule has 0 aromatic rings. The highest BCUT2D eigenvalue weighted by atomic mass is 19.0. The minimum atomic E-state index is -0.0443. The third-order valence-corrected chi connectivity index (χ3v) is 6.60. The zero-order valence-electron chi connectivity index (χ0n) is 22.8. The van der Waals surface area contributed by atoms with Crippen molar-refractivity contribution in [2.24, 2.45) is 0 Å². The van der Waals surface area contributed by atoms with Crippen molar-refractivity contribution < 1.29 is 29.5 Å². The average Bonchev–Trinajstić information content (AvgIpc) is 2.81. The first kappa shape index (κ1) is 38.7. The van der Waals surface area contributed by atoms with E-state index in [2.05, 4.69) is 6.92 Å². The van der Waals surface area contributed by atoms with Gasteiger partial charge in [0.25, 0.3) is 0 Å². The molecular formula is C27H58F2N2O4. The molecule has 1 unspecified atom stereocenters. The Morgan fingerprint density at radius 2 is 1.00 bits per heavy atom. The maximum absolute atomic E-state index is 12.6. The summed E-state index contributed by atoms with van der Waals surface area (Å²) >= 11 is 0. The predicted octanol–water partition coefficient (Wildman–Crippen LogP) is 5.05. The van der Waals surface area contributed by atoms with E-state index in [1.54, 1.807) is 4.90 Å². The molecule has 0 saturated carbocycles. The lowest BCUT2D eigenvalue weighted by molar-refractivity contribution is -0.132. The molecule has 6 nitrogen and oxygen atoms in total. The van der Waals surface area contributed by atoms with E-state index in [1.165, 1.54) is 83.5 Å². The fourth-order valence-corrected chi connectivity index (χ4v) is 4.49. The van der Waals surface area contributed by atoms with Crippen molar-refractivity contribution in [3.05, 3.63) is 0 Å². The third-order valence-electron chi connectivity index (χ3n) is 6.60. The molecule has 0 heterocycles. The van der Waals surface area contributed by atoms with Crippen LogP contribution in [0.2, 0.25) is 0 Å². The Balaban J connectivity index is -0.00000512. The van der Waals surface area contributed by atoms with Crippen molar-refractivity contribution in [2.45, 2.75) is 123 Å². The second-order valence-corrected chi connectivity index (χ2v) is 9.60. The first-order valence-electron chi connectivity index (χ1n) is 13.9. The number of aliphatic hydroxyl groups is 3. The van der Waals surface area contributed by atoms with Crippen LogP contribution in [0, 0.1) is 0 Å². The molecule has 0 fully saturated rings. The van der Waals surface area contributed by atoms with E-state index in [1.807, 2.05) is 11.8 Å². The van der Waals surface area contributed by atoms with Crippen molar-refractivity contribution >= 4 is 5.91 Å². The molecule has 0 saturated heterocycles. The first-order valence-corrected chi connectivity index (χ1v) is 13.9. The quantitative estimate of drug-likeness (QED) is 0.149. The van der Waals surface area contributed by atoms with Gasteiger partial charge in [0.05, 0.1) is 19.8 Å². The molecule has 0 spiro atoms. The number of carbonyl (C=O) groups excluding carboxylic acids is 1. The Bertz CT molecular complexity index is 428. The lowest BCUT2D eigenvalue weighted by Gasteiger charge is -2.32. The Morgan fingerprint density at radius 1 is 0.629 bits per heavy atom. The predicted molar refractivity (Wildman–Crippen MR) is 143 cm³/mol. The number of hydrogen-bond donors (Lipinski definition) is 3. The van der Waals surface area contributed by atoms with Gasteiger partial charge in [0.1, 0.15) is 0 Å². The van der Waals surface area contributed by atoms with Gasteiger partial charge in [0.15, 0.2) is 0 Å². The number of carbonyl (C=O) groups is 1. The van der Waals surface area contributed by atoms with Gasteiger partial charge < -0.3 is 20.2 Å². The Kier molecular flexibility index (Phi) is 32.5. The van der Waals surface area contributed by atoms with E-state index in [0.717, 1.165) is 12.8 Å². The smallest absolute Gasteiger partial charge is 0.222 e. The van der Waals surface area contributed by atoms with E-state index in [-0.39, 0.29) is 41.2 Å². The number of nitrogens with zero attached hydrogens (tertiary/aromatic N) is 2. The summed E-state index contributed by atoms with van der Waals surface area (Å²) in [7, 11) is 0. The first-order chi connectivity index (χ1) is 16.1. The lowest BCUT2D eigenvalue weighted by Crippen LogP contribution is -2.47. The van der Waals surface area contributed by atoms with Crippen molar-refractivity contribution in [1.29, 1.82) is 0 Å². The van der Waals surface area contributed by atoms with Gasteiger partial charge in [-0.3, -0.25) is 19.1 Å². The fourth-order valence-electron chi connectivity index (χ4n) is 4.49. The summed E-state index contributed by atoms with van der Waals surface area (Å²) in [6, 6.07) is 0.0286. The van der Waals surface area contributed by atoms with Crippen LogP contribution in [-0.2, 0) is 4.79 Å². The summed E-state index contributed by atoms with van der Waals surface area (Å²) in [5.41, 5.74) is 0. The minimum absolute atomic E-state index is 0. The van der Waals surface area contributed by atoms with Crippen molar-refractivity contribution in [3.8, 4) is 0 Å². The number of unbranched alkanes of at least 4 members (excludes halogenated alkanes) is 14. The molecule has 1 amide bonds. The van der Waals surface area contributed by atoms with Gasteiger partial charge in [0.2, 0.25) is 5.91 Å². The van der Waals surface area contributed by atoms with Crippen LogP contribution in [-0.4, -0.2) is 83.1 Å². The molecule has 214 valence electrons. The lowest BCUT2D eigenvalue weighted by atomic mass is 10.0. The Labute approximate surface area is 214 Å². The van der Waals surface area contributed by atoms with Crippen LogP contribution in [0.15, 0.2) is 0 Å². The van der Waals surface area contributed by atoms with Crippen molar-refractivity contribution in [2.75, 3.05) is 46.0 Å². The van der Waals surface area contributed by atoms with Crippen LogP contribution in [0.3, 0.4) is 0 Å². The summed E-state index contributed by atoms with van der Waals surface area (Å²) < 4.78 is 0. The van der Waals surface area contributed by atoms with Crippen molar-refractivity contribution in [3.63, 3.8) is 0 Å². The van der Waals surface area contributed by atoms with Crippen LogP contribution in [0.1, 0.15) is 117 Å². The fraction of sp³-hybridized carbons (Fsp3) is 0.963. The summed E-state index contributed by atoms with van der Waals surface area (Å²) in [4.78, 5) is 16.3. The zero-order chi connectivity index (χ0) is 24.6. The van der Waals surface area contributed by atoms with Gasteiger partial charge in [-0.25, -0.2) is 0 Å². The molecule has 3 N–H and O–H groups in total. The van der Waals surface area contributed by atoms with E-state index in [9.17, 15) is 20.1 Å². The molecule has 0 aliphatic heterocycles. The molecule has 0 bridgehead atoms. The Morgan fingerprint density at radius 3 is 1.37 bits per heavy atom. The van der Waals surface area contributed by atoms with Gasteiger partial charge in [-0.1, -0.05) is 96.8 Å². The van der Waals surface area contributed by atoms with Gasteiger partial charge in [-0.15, -0.1) is 0 Å². The Hall–Kier alpha value is -0.830.